The number of carbonyl (C=O) groups is 1. The molecule has 0 aliphatic heterocycles. The van der Waals surface area contributed by atoms with Crippen LogP contribution in [0.25, 0.3) is 6.08 Å². The summed E-state index contributed by atoms with van der Waals surface area (Å²) in [5, 5.41) is 0. The molecule has 0 unspecified atom stereocenters. The first-order valence-corrected chi connectivity index (χ1v) is 7.60. The molecule has 1 aromatic carbocycles. The van der Waals surface area contributed by atoms with Gasteiger partial charge in [-0.05, 0) is 52.0 Å². The molecule has 24 heavy (non-hydrogen) atoms. The molecule has 0 amide bonds. The molecule has 0 heterocycles. The number of allylic oxidation sites excluding steroid dienone is 1. The van der Waals surface area contributed by atoms with E-state index in [0.717, 1.165) is 18.7 Å². The normalized spacial score (nSPS) is 11.2. The lowest BCUT2D eigenvalue weighted by molar-refractivity contribution is -0.119. The van der Waals surface area contributed by atoms with Gasteiger partial charge in [0.15, 0.2) is 17.3 Å². The van der Waals surface area contributed by atoms with Crippen molar-refractivity contribution in [2.24, 2.45) is 5.92 Å². The number of hydrogen-bond donors (Lipinski definition) is 0. The van der Waals surface area contributed by atoms with Gasteiger partial charge in [0.05, 0.1) is 14.2 Å². The Kier molecular flexibility index (Phi) is 10.4. The Morgan fingerprint density at radius 3 is 2.04 bits per heavy atom. The number of halogens is 1. The molecule has 1 aromatic rings. The average molecular weight is 357 g/mol. The van der Waals surface area contributed by atoms with Crippen molar-refractivity contribution in [1.82, 2.24) is 9.80 Å². The summed E-state index contributed by atoms with van der Waals surface area (Å²) in [5.74, 6) is 1.41. The lowest BCUT2D eigenvalue weighted by atomic mass is 10.0. The van der Waals surface area contributed by atoms with Crippen molar-refractivity contribution in [1.29, 1.82) is 0 Å². The number of methoxy groups -OCH3 is 2. The van der Waals surface area contributed by atoms with E-state index in [1.54, 1.807) is 20.3 Å². The van der Waals surface area contributed by atoms with E-state index in [-0.39, 0.29) is 24.1 Å². The molecule has 136 valence electrons. The van der Waals surface area contributed by atoms with Crippen LogP contribution in [0.4, 0.5) is 0 Å². The van der Waals surface area contributed by atoms with E-state index >= 15 is 0 Å². The second-order valence-electron chi connectivity index (χ2n) is 6.07. The number of rotatable bonds is 9. The highest BCUT2D eigenvalue weighted by Gasteiger charge is 2.17. The third kappa shape index (κ3) is 7.34. The summed E-state index contributed by atoms with van der Waals surface area (Å²) in [5.41, 5.74) is 0.907. The first-order chi connectivity index (χ1) is 10.9. The number of carbonyl (C=O) groups excluding carboxylic acids is 1. The Labute approximate surface area is 151 Å². The molecule has 0 aliphatic carbocycles. The van der Waals surface area contributed by atoms with Gasteiger partial charge in [-0.1, -0.05) is 12.1 Å². The third-order valence-electron chi connectivity index (χ3n) is 3.42. The average Bonchev–Trinajstić information content (AvgIpc) is 2.50. The minimum absolute atomic E-state index is 0. The molecule has 6 heteroatoms. The van der Waals surface area contributed by atoms with Gasteiger partial charge in [-0.3, -0.25) is 4.79 Å². The molecule has 5 nitrogen and oxygen atoms in total. The fourth-order valence-corrected chi connectivity index (χ4v) is 2.39. The predicted molar refractivity (Wildman–Crippen MR) is 101 cm³/mol. The van der Waals surface area contributed by atoms with Crippen LogP contribution in [0.3, 0.4) is 0 Å². The van der Waals surface area contributed by atoms with Gasteiger partial charge in [-0.15, -0.1) is 12.4 Å². The topological polar surface area (TPSA) is 42.0 Å². The molecule has 0 N–H and O–H groups in total. The van der Waals surface area contributed by atoms with Crippen molar-refractivity contribution < 1.29 is 14.3 Å². The maximum Gasteiger partial charge on any atom is 0.161 e. The van der Waals surface area contributed by atoms with Crippen LogP contribution in [0.2, 0.25) is 0 Å². The first-order valence-electron chi connectivity index (χ1n) is 7.60. The van der Waals surface area contributed by atoms with Crippen molar-refractivity contribution in [3.63, 3.8) is 0 Å². The highest BCUT2D eigenvalue weighted by atomic mass is 35.5. The van der Waals surface area contributed by atoms with E-state index in [1.165, 1.54) is 0 Å². The third-order valence-corrected chi connectivity index (χ3v) is 3.42. The maximum absolute atomic E-state index is 12.5. The van der Waals surface area contributed by atoms with Crippen LogP contribution in [-0.2, 0) is 4.79 Å². The molecule has 0 radical (unpaired) electrons. The molecule has 0 spiro atoms. The van der Waals surface area contributed by atoms with Crippen molar-refractivity contribution in [3.8, 4) is 11.5 Å². The zero-order valence-electron chi connectivity index (χ0n) is 15.4. The summed E-state index contributed by atoms with van der Waals surface area (Å²) in [6, 6.07) is 5.59. The summed E-state index contributed by atoms with van der Waals surface area (Å²) in [4.78, 5) is 16.5. The van der Waals surface area contributed by atoms with Crippen LogP contribution in [0, 0.1) is 5.92 Å². The number of hydrogen-bond acceptors (Lipinski definition) is 5. The molecule has 0 aromatic heterocycles. The van der Waals surface area contributed by atoms with Crippen LogP contribution >= 0.6 is 12.4 Å². The van der Waals surface area contributed by atoms with Gasteiger partial charge >= 0.3 is 0 Å². The lowest BCUT2D eigenvalue weighted by Gasteiger charge is -2.22. The summed E-state index contributed by atoms with van der Waals surface area (Å²) in [7, 11) is 11.1. The van der Waals surface area contributed by atoms with E-state index in [9.17, 15) is 4.79 Å². The van der Waals surface area contributed by atoms with Crippen molar-refractivity contribution in [2.45, 2.75) is 0 Å². The Bertz CT molecular complexity index is 535. The predicted octanol–water partition coefficient (Wildman–Crippen LogP) is 2.45. The smallest absolute Gasteiger partial charge is 0.161 e. The summed E-state index contributed by atoms with van der Waals surface area (Å²) in [6.45, 7) is 1.46. The van der Waals surface area contributed by atoms with E-state index in [0.29, 0.717) is 11.5 Å². The number of nitrogens with zero attached hydrogens (tertiary/aromatic N) is 2. The van der Waals surface area contributed by atoms with Gasteiger partial charge in [-0.2, -0.15) is 0 Å². The van der Waals surface area contributed by atoms with Crippen LogP contribution < -0.4 is 9.47 Å². The molecule has 0 aliphatic rings. The highest BCUT2D eigenvalue weighted by molar-refractivity contribution is 5.95. The van der Waals surface area contributed by atoms with Crippen molar-refractivity contribution in [3.05, 3.63) is 29.8 Å². The zero-order valence-corrected chi connectivity index (χ0v) is 16.2. The summed E-state index contributed by atoms with van der Waals surface area (Å²) in [6.07, 6.45) is 3.47. The standard InChI is InChI=1S/C18H28N2O3.ClH/c1-19(2)12-15(13-20(3)4)16(21)9-7-14-8-10-17(22-5)18(11-14)23-6;/h7-11,15H,12-13H2,1-6H3;1H/b9-7+;. The van der Waals surface area contributed by atoms with Crippen LogP contribution in [0.5, 0.6) is 11.5 Å². The van der Waals surface area contributed by atoms with Crippen LogP contribution in [0.1, 0.15) is 5.56 Å². The number of ether oxygens (including phenoxy) is 2. The summed E-state index contributed by atoms with van der Waals surface area (Å²) >= 11 is 0. The van der Waals surface area contributed by atoms with Crippen LogP contribution in [0.15, 0.2) is 24.3 Å². The van der Waals surface area contributed by atoms with Gasteiger partial charge in [0.1, 0.15) is 0 Å². The Hall–Kier alpha value is -1.56. The van der Waals surface area contributed by atoms with Gasteiger partial charge in [0.2, 0.25) is 0 Å². The number of benzene rings is 1. The lowest BCUT2D eigenvalue weighted by Crippen LogP contribution is -2.34. The van der Waals surface area contributed by atoms with Crippen molar-refractivity contribution >= 4 is 24.3 Å². The number of ketones is 1. The Morgan fingerprint density at radius 2 is 1.58 bits per heavy atom. The zero-order chi connectivity index (χ0) is 17.4. The first kappa shape index (κ1) is 22.4. The van der Waals surface area contributed by atoms with Crippen molar-refractivity contribution in [2.75, 3.05) is 55.5 Å². The quantitative estimate of drug-likeness (QED) is 0.636. The van der Waals surface area contributed by atoms with Gasteiger partial charge in [-0.25, -0.2) is 0 Å². The second-order valence-corrected chi connectivity index (χ2v) is 6.07. The minimum atomic E-state index is -0.0450. The second kappa shape index (κ2) is 11.1. The SMILES string of the molecule is COc1ccc(/C=C/C(=O)C(CN(C)C)CN(C)C)cc1OC.Cl. The van der Waals surface area contributed by atoms with E-state index < -0.39 is 0 Å². The molecule has 1 rings (SSSR count). The fraction of sp³-hybridized carbons (Fsp3) is 0.500. The molecule has 0 fully saturated rings. The monoisotopic (exact) mass is 356 g/mol. The van der Waals surface area contributed by atoms with E-state index in [1.807, 2.05) is 62.3 Å². The highest BCUT2D eigenvalue weighted by Crippen LogP contribution is 2.28. The van der Waals surface area contributed by atoms with E-state index in [2.05, 4.69) is 0 Å². The Balaban J connectivity index is 0.00000529. The van der Waals surface area contributed by atoms with Gasteiger partial charge in [0, 0.05) is 19.0 Å². The molecular weight excluding hydrogens is 328 g/mol. The maximum atomic E-state index is 12.5. The molecule has 0 bridgehead atoms. The fourth-order valence-electron chi connectivity index (χ4n) is 2.39. The molecular formula is C18H29ClN2O3. The molecule has 0 saturated carbocycles. The van der Waals surface area contributed by atoms with E-state index in [4.69, 9.17) is 9.47 Å². The van der Waals surface area contributed by atoms with Gasteiger partial charge in [0.25, 0.3) is 0 Å². The Morgan fingerprint density at radius 1 is 1.04 bits per heavy atom. The summed E-state index contributed by atoms with van der Waals surface area (Å²) < 4.78 is 10.5. The van der Waals surface area contributed by atoms with Crippen LogP contribution in [-0.4, -0.2) is 71.1 Å². The molecule has 0 saturated heterocycles. The van der Waals surface area contributed by atoms with Gasteiger partial charge < -0.3 is 19.3 Å². The largest absolute Gasteiger partial charge is 0.493 e. The molecule has 0 atom stereocenters. The minimum Gasteiger partial charge on any atom is -0.493 e.